The Morgan fingerprint density at radius 3 is 2.48 bits per heavy atom. The maximum Gasteiger partial charge on any atom is 0.326 e. The Bertz CT molecular complexity index is 543. The van der Waals surface area contributed by atoms with Crippen LogP contribution in [0, 0.1) is 0 Å². The topological polar surface area (TPSA) is 139 Å². The van der Waals surface area contributed by atoms with Crippen LogP contribution in [-0.2, 0) is 14.4 Å². The lowest BCUT2D eigenvalue weighted by molar-refractivity contribution is -0.143. The van der Waals surface area contributed by atoms with Crippen LogP contribution < -0.4 is 16.4 Å². The third-order valence-corrected chi connectivity index (χ3v) is 3.37. The van der Waals surface area contributed by atoms with Gasteiger partial charge in [0.05, 0.1) is 11.3 Å². The highest BCUT2D eigenvalue weighted by molar-refractivity contribution is 7.12. The first-order valence-corrected chi connectivity index (χ1v) is 6.85. The van der Waals surface area contributed by atoms with Crippen LogP contribution in [0.4, 0.5) is 0 Å². The molecule has 0 aliphatic rings. The van der Waals surface area contributed by atoms with Gasteiger partial charge in [-0.2, -0.15) is 0 Å². The Kier molecular flexibility index (Phi) is 5.85. The quantitative estimate of drug-likeness (QED) is 0.528. The number of carbonyl (C=O) groups is 4. The number of nitrogens with one attached hydrogen (secondary N) is 2. The predicted molar refractivity (Wildman–Crippen MR) is 74.6 cm³/mol. The van der Waals surface area contributed by atoms with E-state index in [1.54, 1.807) is 17.5 Å². The molecule has 1 heterocycles. The van der Waals surface area contributed by atoms with E-state index in [9.17, 15) is 19.2 Å². The molecule has 1 aromatic rings. The summed E-state index contributed by atoms with van der Waals surface area (Å²) in [5.74, 6) is -3.38. The van der Waals surface area contributed by atoms with Crippen LogP contribution in [0.25, 0.3) is 0 Å². The molecule has 0 saturated carbocycles. The molecule has 0 spiro atoms. The summed E-state index contributed by atoms with van der Waals surface area (Å²) in [6, 6.07) is 0.917. The second kappa shape index (κ2) is 7.39. The van der Waals surface area contributed by atoms with Gasteiger partial charge in [0.15, 0.2) is 0 Å². The van der Waals surface area contributed by atoms with Crippen molar-refractivity contribution in [3.8, 4) is 0 Å². The molecule has 8 nitrogen and oxygen atoms in total. The van der Waals surface area contributed by atoms with Gasteiger partial charge in [0, 0.05) is 0 Å². The Hall–Kier alpha value is -2.42. The van der Waals surface area contributed by atoms with Crippen molar-refractivity contribution in [1.82, 2.24) is 10.6 Å². The van der Waals surface area contributed by atoms with Gasteiger partial charge in [-0.25, -0.2) is 4.79 Å². The third kappa shape index (κ3) is 5.22. The Morgan fingerprint density at radius 2 is 2.00 bits per heavy atom. The summed E-state index contributed by atoms with van der Waals surface area (Å²) in [6.45, 7) is 1.41. The minimum absolute atomic E-state index is 0.432. The van der Waals surface area contributed by atoms with E-state index in [1.165, 1.54) is 18.3 Å². The maximum absolute atomic E-state index is 11.8. The molecule has 0 bridgehead atoms. The highest BCUT2D eigenvalue weighted by Crippen LogP contribution is 2.08. The summed E-state index contributed by atoms with van der Waals surface area (Å²) in [4.78, 5) is 45.6. The van der Waals surface area contributed by atoms with E-state index in [2.05, 4.69) is 10.6 Å². The van der Waals surface area contributed by atoms with Crippen LogP contribution in [0.15, 0.2) is 17.5 Å². The molecule has 2 atom stereocenters. The zero-order chi connectivity index (χ0) is 16.0. The summed E-state index contributed by atoms with van der Waals surface area (Å²) < 4.78 is 0. The lowest BCUT2D eigenvalue weighted by Crippen LogP contribution is -2.51. The molecule has 9 heteroatoms. The number of carboxylic acids is 1. The van der Waals surface area contributed by atoms with Gasteiger partial charge in [-0.1, -0.05) is 6.07 Å². The summed E-state index contributed by atoms with van der Waals surface area (Å²) >= 11 is 1.21. The number of primary amides is 1. The smallest absolute Gasteiger partial charge is 0.326 e. The van der Waals surface area contributed by atoms with Crippen molar-refractivity contribution in [1.29, 1.82) is 0 Å². The molecule has 0 radical (unpaired) electrons. The first-order chi connectivity index (χ1) is 9.81. The van der Waals surface area contributed by atoms with Crippen LogP contribution in [-0.4, -0.2) is 40.9 Å². The number of nitrogens with two attached hydrogens (primary N) is 1. The molecule has 0 aromatic carbocycles. The van der Waals surface area contributed by atoms with Gasteiger partial charge in [0.25, 0.3) is 5.91 Å². The average molecular weight is 313 g/mol. The summed E-state index contributed by atoms with van der Waals surface area (Å²) in [7, 11) is 0. The number of carboxylic acid groups (broad SMARTS) is 1. The Labute approximate surface area is 124 Å². The van der Waals surface area contributed by atoms with Crippen molar-refractivity contribution >= 4 is 35.0 Å². The number of aliphatic carboxylic acids is 1. The van der Waals surface area contributed by atoms with Gasteiger partial charge in [-0.15, -0.1) is 11.3 Å². The van der Waals surface area contributed by atoms with Crippen molar-refractivity contribution < 1.29 is 24.3 Å². The number of hydrogen-bond acceptors (Lipinski definition) is 5. The number of thiophene rings is 1. The van der Waals surface area contributed by atoms with Crippen molar-refractivity contribution in [3.63, 3.8) is 0 Å². The van der Waals surface area contributed by atoms with E-state index in [1.807, 2.05) is 0 Å². The van der Waals surface area contributed by atoms with Gasteiger partial charge in [-0.3, -0.25) is 14.4 Å². The van der Waals surface area contributed by atoms with Gasteiger partial charge in [0.2, 0.25) is 11.8 Å². The molecule has 21 heavy (non-hydrogen) atoms. The lowest BCUT2D eigenvalue weighted by atomic mass is 10.2. The molecule has 5 N–H and O–H groups in total. The molecule has 114 valence electrons. The van der Waals surface area contributed by atoms with Crippen molar-refractivity contribution in [2.24, 2.45) is 5.73 Å². The summed E-state index contributed by atoms with van der Waals surface area (Å²) in [5, 5.41) is 15.2. The fourth-order valence-corrected chi connectivity index (χ4v) is 2.07. The van der Waals surface area contributed by atoms with Crippen LogP contribution in [0.5, 0.6) is 0 Å². The van der Waals surface area contributed by atoms with Crippen LogP contribution >= 0.6 is 11.3 Å². The molecule has 1 unspecified atom stereocenters. The van der Waals surface area contributed by atoms with E-state index in [0.717, 1.165) is 0 Å². The van der Waals surface area contributed by atoms with E-state index >= 15 is 0 Å². The minimum atomic E-state index is -1.42. The van der Waals surface area contributed by atoms with Crippen LogP contribution in [0.1, 0.15) is 23.0 Å². The molecule has 0 fully saturated rings. The maximum atomic E-state index is 11.8. The summed E-state index contributed by atoms with van der Waals surface area (Å²) in [5.41, 5.74) is 4.91. The second-order valence-corrected chi connectivity index (χ2v) is 5.19. The zero-order valence-corrected chi connectivity index (χ0v) is 12.0. The molecule has 1 aromatic heterocycles. The fourth-order valence-electron chi connectivity index (χ4n) is 1.44. The number of carbonyl (C=O) groups excluding carboxylic acids is 3. The summed E-state index contributed by atoms with van der Waals surface area (Å²) in [6.07, 6.45) is -0.521. The third-order valence-electron chi connectivity index (χ3n) is 2.51. The highest BCUT2D eigenvalue weighted by atomic mass is 32.1. The van der Waals surface area contributed by atoms with Crippen molar-refractivity contribution in [2.45, 2.75) is 25.4 Å². The van der Waals surface area contributed by atoms with Crippen LogP contribution in [0.3, 0.4) is 0 Å². The van der Waals surface area contributed by atoms with Crippen LogP contribution in [0.2, 0.25) is 0 Å². The SMILES string of the molecule is CC(NC(=O)c1cccs1)C(=O)N[C@@H](CC(N)=O)C(=O)O. The minimum Gasteiger partial charge on any atom is -0.480 e. The molecule has 3 amide bonds. The standard InChI is InChI=1S/C12H15N3O5S/c1-6(14-11(18)8-3-2-4-21-8)10(17)15-7(12(19)20)5-9(13)16/h2-4,6-7H,5H2,1H3,(H2,13,16)(H,14,18)(H,15,17)(H,19,20)/t6?,7-/m0/s1. The first kappa shape index (κ1) is 16.6. The normalized spacial score (nSPS) is 13.0. The van der Waals surface area contributed by atoms with E-state index in [0.29, 0.717) is 4.88 Å². The molecular weight excluding hydrogens is 298 g/mol. The van der Waals surface area contributed by atoms with Gasteiger partial charge in [0.1, 0.15) is 12.1 Å². The van der Waals surface area contributed by atoms with Crippen molar-refractivity contribution in [3.05, 3.63) is 22.4 Å². The lowest BCUT2D eigenvalue weighted by Gasteiger charge is -2.17. The molecular formula is C12H15N3O5S. The number of hydrogen-bond donors (Lipinski definition) is 4. The van der Waals surface area contributed by atoms with Gasteiger partial charge >= 0.3 is 5.97 Å². The highest BCUT2D eigenvalue weighted by Gasteiger charge is 2.25. The predicted octanol–water partition coefficient (Wildman–Crippen LogP) is -0.689. The fraction of sp³-hybridized carbons (Fsp3) is 0.333. The average Bonchev–Trinajstić information content (AvgIpc) is 2.90. The van der Waals surface area contributed by atoms with Gasteiger partial charge in [-0.05, 0) is 18.4 Å². The van der Waals surface area contributed by atoms with E-state index in [4.69, 9.17) is 10.8 Å². The number of amides is 3. The molecule has 0 aliphatic carbocycles. The molecule has 0 saturated heterocycles. The molecule has 1 rings (SSSR count). The van der Waals surface area contributed by atoms with Crippen molar-refractivity contribution in [2.75, 3.05) is 0 Å². The Morgan fingerprint density at radius 1 is 1.33 bits per heavy atom. The largest absolute Gasteiger partial charge is 0.480 e. The number of rotatable bonds is 7. The second-order valence-electron chi connectivity index (χ2n) is 4.24. The first-order valence-electron chi connectivity index (χ1n) is 5.97. The monoisotopic (exact) mass is 313 g/mol. The Balaban J connectivity index is 2.59. The molecule has 0 aliphatic heterocycles. The van der Waals surface area contributed by atoms with E-state index in [-0.39, 0.29) is 0 Å². The van der Waals surface area contributed by atoms with E-state index < -0.39 is 42.2 Å². The van der Waals surface area contributed by atoms with Gasteiger partial charge < -0.3 is 21.5 Å². The zero-order valence-electron chi connectivity index (χ0n) is 11.2.